The molecule has 0 aromatic heterocycles. The fourth-order valence-electron chi connectivity index (χ4n) is 1.51. The highest BCUT2D eigenvalue weighted by atomic mass is 16.5. The summed E-state index contributed by atoms with van der Waals surface area (Å²) in [7, 11) is 0. The van der Waals surface area contributed by atoms with Crippen LogP contribution in [-0.4, -0.2) is 17.2 Å². The Morgan fingerprint density at radius 3 is 2.71 bits per heavy atom. The Hall–Kier alpha value is -2.07. The summed E-state index contributed by atoms with van der Waals surface area (Å²) < 4.78 is 4.91. The van der Waals surface area contributed by atoms with Crippen molar-refractivity contribution in [1.29, 1.82) is 0 Å². The number of hydrogen-bond donors (Lipinski definition) is 2. The molecule has 0 saturated carbocycles. The van der Waals surface area contributed by atoms with E-state index in [1.54, 1.807) is 6.92 Å². The standard InChI is InChI=1S/C13H13NO3/c1-9-7-12(15)11(13(16)17-9)8-14-10-5-3-2-4-6-10/h2-8,12,14-15H,1H3. The van der Waals surface area contributed by atoms with E-state index >= 15 is 0 Å². The van der Waals surface area contributed by atoms with Gasteiger partial charge in [0, 0.05) is 11.9 Å². The van der Waals surface area contributed by atoms with Crippen LogP contribution in [0.1, 0.15) is 6.92 Å². The van der Waals surface area contributed by atoms with Gasteiger partial charge in [0.15, 0.2) is 0 Å². The highest BCUT2D eigenvalue weighted by Gasteiger charge is 2.24. The summed E-state index contributed by atoms with van der Waals surface area (Å²) in [5.74, 6) is -0.111. The second-order valence-corrected chi connectivity index (χ2v) is 3.72. The molecule has 17 heavy (non-hydrogen) atoms. The van der Waals surface area contributed by atoms with Gasteiger partial charge in [-0.25, -0.2) is 4.79 Å². The van der Waals surface area contributed by atoms with Gasteiger partial charge in [-0.15, -0.1) is 0 Å². The van der Waals surface area contributed by atoms with E-state index in [0.29, 0.717) is 5.76 Å². The van der Waals surface area contributed by atoms with Crippen molar-refractivity contribution >= 4 is 11.7 Å². The lowest BCUT2D eigenvalue weighted by Gasteiger charge is -2.17. The third kappa shape index (κ3) is 2.73. The summed E-state index contributed by atoms with van der Waals surface area (Å²) in [5, 5.41) is 12.6. The summed E-state index contributed by atoms with van der Waals surface area (Å²) in [4.78, 5) is 11.5. The van der Waals surface area contributed by atoms with Gasteiger partial charge in [0.1, 0.15) is 11.9 Å². The number of carbonyl (C=O) groups excluding carboxylic acids is 1. The lowest BCUT2D eigenvalue weighted by Crippen LogP contribution is -2.24. The highest BCUT2D eigenvalue weighted by Crippen LogP contribution is 2.17. The van der Waals surface area contributed by atoms with Crippen LogP contribution in [0.4, 0.5) is 5.69 Å². The van der Waals surface area contributed by atoms with Gasteiger partial charge in [-0.1, -0.05) is 18.2 Å². The number of allylic oxidation sites excluding steroid dienone is 1. The molecule has 1 aliphatic rings. The van der Waals surface area contributed by atoms with E-state index in [4.69, 9.17) is 4.74 Å². The van der Waals surface area contributed by atoms with E-state index in [1.807, 2.05) is 30.3 Å². The molecule has 0 spiro atoms. The molecule has 0 bridgehead atoms. The van der Waals surface area contributed by atoms with E-state index in [2.05, 4.69) is 5.32 Å². The maximum absolute atomic E-state index is 11.5. The number of para-hydroxylation sites is 1. The number of hydrogen-bond acceptors (Lipinski definition) is 4. The van der Waals surface area contributed by atoms with Crippen LogP contribution >= 0.6 is 0 Å². The van der Waals surface area contributed by atoms with Crippen molar-refractivity contribution in [3.63, 3.8) is 0 Å². The lowest BCUT2D eigenvalue weighted by molar-refractivity contribution is -0.136. The number of ether oxygens (including phenoxy) is 1. The number of anilines is 1. The van der Waals surface area contributed by atoms with Gasteiger partial charge in [-0.05, 0) is 25.1 Å². The Bertz CT molecular complexity index is 477. The van der Waals surface area contributed by atoms with Gasteiger partial charge in [0.05, 0.1) is 5.57 Å². The van der Waals surface area contributed by atoms with E-state index < -0.39 is 12.1 Å². The topological polar surface area (TPSA) is 58.6 Å². The van der Waals surface area contributed by atoms with Crippen molar-refractivity contribution in [3.8, 4) is 0 Å². The molecule has 0 aliphatic carbocycles. The summed E-state index contributed by atoms with van der Waals surface area (Å²) in [6.07, 6.45) is 2.03. The number of esters is 1. The summed E-state index contributed by atoms with van der Waals surface area (Å²) >= 11 is 0. The maximum atomic E-state index is 11.5. The molecule has 1 aliphatic heterocycles. The number of aliphatic hydroxyl groups is 1. The fraction of sp³-hybridized carbons (Fsp3) is 0.154. The normalized spacial score (nSPS) is 22.0. The number of cyclic esters (lactones) is 1. The average Bonchev–Trinajstić information content (AvgIpc) is 2.29. The SMILES string of the molecule is CC1=CC(O)C(=CNc2ccccc2)C(=O)O1. The average molecular weight is 231 g/mol. The third-order valence-electron chi connectivity index (χ3n) is 2.37. The number of carbonyl (C=O) groups is 1. The molecule has 2 N–H and O–H groups in total. The van der Waals surface area contributed by atoms with E-state index in [0.717, 1.165) is 5.69 Å². The largest absolute Gasteiger partial charge is 0.428 e. The highest BCUT2D eigenvalue weighted by molar-refractivity contribution is 5.92. The molecule has 1 aromatic rings. The first-order valence-corrected chi connectivity index (χ1v) is 5.27. The molecule has 0 amide bonds. The maximum Gasteiger partial charge on any atom is 0.343 e. The van der Waals surface area contributed by atoms with Gasteiger partial charge in [0.25, 0.3) is 0 Å². The Balaban J connectivity index is 2.15. The second kappa shape index (κ2) is 4.84. The number of nitrogens with one attached hydrogen (secondary N) is 1. The van der Waals surface area contributed by atoms with Crippen molar-refractivity contribution < 1.29 is 14.6 Å². The van der Waals surface area contributed by atoms with Crippen LogP contribution in [0.2, 0.25) is 0 Å². The zero-order valence-corrected chi connectivity index (χ0v) is 9.38. The quantitative estimate of drug-likeness (QED) is 0.602. The van der Waals surface area contributed by atoms with Crippen molar-refractivity contribution in [2.45, 2.75) is 13.0 Å². The minimum Gasteiger partial charge on any atom is -0.428 e. The molecule has 2 rings (SSSR count). The Labute approximate surface area is 99.2 Å². The van der Waals surface area contributed by atoms with Gasteiger partial charge >= 0.3 is 5.97 Å². The molecular weight excluding hydrogens is 218 g/mol. The van der Waals surface area contributed by atoms with Crippen LogP contribution in [0.3, 0.4) is 0 Å². The molecule has 4 heteroatoms. The van der Waals surface area contributed by atoms with Gasteiger partial charge in [-0.3, -0.25) is 0 Å². The molecule has 0 radical (unpaired) electrons. The third-order valence-corrected chi connectivity index (χ3v) is 2.37. The van der Waals surface area contributed by atoms with Crippen LogP contribution in [0.5, 0.6) is 0 Å². The first-order valence-electron chi connectivity index (χ1n) is 5.27. The second-order valence-electron chi connectivity index (χ2n) is 3.72. The van der Waals surface area contributed by atoms with Crippen molar-refractivity contribution in [2.24, 2.45) is 0 Å². The zero-order chi connectivity index (χ0) is 12.3. The molecule has 88 valence electrons. The van der Waals surface area contributed by atoms with Crippen LogP contribution in [0, 0.1) is 0 Å². The Kier molecular flexibility index (Phi) is 3.25. The summed E-state index contributed by atoms with van der Waals surface area (Å²) in [6.45, 7) is 1.63. The van der Waals surface area contributed by atoms with E-state index in [9.17, 15) is 9.90 Å². The minimum absolute atomic E-state index is 0.194. The van der Waals surface area contributed by atoms with E-state index in [-0.39, 0.29) is 5.57 Å². The summed E-state index contributed by atoms with van der Waals surface area (Å²) in [5.41, 5.74) is 1.03. The van der Waals surface area contributed by atoms with Crippen molar-refractivity contribution in [2.75, 3.05) is 5.32 Å². The van der Waals surface area contributed by atoms with Crippen LogP contribution in [0.15, 0.2) is 53.9 Å². The van der Waals surface area contributed by atoms with Crippen molar-refractivity contribution in [3.05, 3.63) is 53.9 Å². The Morgan fingerprint density at radius 1 is 1.35 bits per heavy atom. The van der Waals surface area contributed by atoms with Crippen LogP contribution in [0.25, 0.3) is 0 Å². The lowest BCUT2D eigenvalue weighted by atomic mass is 10.1. The first-order chi connectivity index (χ1) is 8.16. The van der Waals surface area contributed by atoms with E-state index in [1.165, 1.54) is 12.3 Å². The molecule has 0 saturated heterocycles. The molecular formula is C13H13NO3. The smallest absolute Gasteiger partial charge is 0.343 e. The molecule has 0 fully saturated rings. The number of aliphatic hydroxyl groups excluding tert-OH is 1. The number of benzene rings is 1. The molecule has 1 unspecified atom stereocenters. The monoisotopic (exact) mass is 231 g/mol. The van der Waals surface area contributed by atoms with Crippen LogP contribution < -0.4 is 5.32 Å². The summed E-state index contributed by atoms with van der Waals surface area (Å²) in [6, 6.07) is 9.37. The molecule has 4 nitrogen and oxygen atoms in total. The zero-order valence-electron chi connectivity index (χ0n) is 9.38. The van der Waals surface area contributed by atoms with Crippen molar-refractivity contribution in [1.82, 2.24) is 0 Å². The molecule has 1 aromatic carbocycles. The minimum atomic E-state index is -0.924. The van der Waals surface area contributed by atoms with Gasteiger partial charge in [-0.2, -0.15) is 0 Å². The van der Waals surface area contributed by atoms with Gasteiger partial charge < -0.3 is 15.2 Å². The first kappa shape index (κ1) is 11.4. The predicted octanol–water partition coefficient (Wildman–Crippen LogP) is 1.80. The predicted molar refractivity (Wildman–Crippen MR) is 64.0 cm³/mol. The molecule has 1 atom stereocenters. The molecule has 1 heterocycles. The number of rotatable bonds is 2. The van der Waals surface area contributed by atoms with Gasteiger partial charge in [0.2, 0.25) is 0 Å². The Morgan fingerprint density at radius 2 is 2.06 bits per heavy atom. The fourth-order valence-corrected chi connectivity index (χ4v) is 1.51. The van der Waals surface area contributed by atoms with Crippen LogP contribution in [-0.2, 0) is 9.53 Å².